The van der Waals surface area contributed by atoms with Gasteiger partial charge in [-0.25, -0.2) is 0 Å². The van der Waals surface area contributed by atoms with Crippen molar-refractivity contribution in [2.75, 3.05) is 33.1 Å². The Hall–Kier alpha value is -3.02. The molecule has 138 valence electrons. The molecule has 0 fully saturated rings. The van der Waals surface area contributed by atoms with Crippen molar-refractivity contribution >= 4 is 17.5 Å². The Morgan fingerprint density at radius 2 is 1.81 bits per heavy atom. The molecule has 0 atom stereocenters. The van der Waals surface area contributed by atoms with Crippen molar-refractivity contribution in [2.24, 2.45) is 0 Å². The van der Waals surface area contributed by atoms with Crippen molar-refractivity contribution in [3.63, 3.8) is 0 Å². The lowest BCUT2D eigenvalue weighted by Crippen LogP contribution is -2.35. The van der Waals surface area contributed by atoms with Crippen molar-refractivity contribution in [1.82, 2.24) is 4.90 Å². The van der Waals surface area contributed by atoms with E-state index < -0.39 is 0 Å². The minimum absolute atomic E-state index is 0.0681. The summed E-state index contributed by atoms with van der Waals surface area (Å²) in [7, 11) is 4.60. The third-order valence-electron chi connectivity index (χ3n) is 4.25. The SMILES string of the molecule is COc1ccc(C(=O)N(C)CC(=O)Nc2cccc(C)c2C)c(OC)c1. The van der Waals surface area contributed by atoms with Gasteiger partial charge in [0.05, 0.1) is 26.3 Å². The molecule has 0 bridgehead atoms. The Morgan fingerprint density at radius 3 is 2.46 bits per heavy atom. The smallest absolute Gasteiger partial charge is 0.257 e. The van der Waals surface area contributed by atoms with Gasteiger partial charge in [0.25, 0.3) is 5.91 Å². The van der Waals surface area contributed by atoms with Crippen LogP contribution in [0.4, 0.5) is 5.69 Å². The van der Waals surface area contributed by atoms with E-state index in [0.717, 1.165) is 16.8 Å². The van der Waals surface area contributed by atoms with Gasteiger partial charge in [0, 0.05) is 18.8 Å². The van der Waals surface area contributed by atoms with E-state index >= 15 is 0 Å². The van der Waals surface area contributed by atoms with Crippen LogP contribution in [0, 0.1) is 13.8 Å². The zero-order chi connectivity index (χ0) is 19.3. The quantitative estimate of drug-likeness (QED) is 0.864. The average Bonchev–Trinajstić information content (AvgIpc) is 2.64. The van der Waals surface area contributed by atoms with E-state index in [1.165, 1.54) is 12.0 Å². The fourth-order valence-electron chi connectivity index (χ4n) is 2.54. The molecule has 0 saturated carbocycles. The van der Waals surface area contributed by atoms with E-state index in [9.17, 15) is 9.59 Å². The summed E-state index contributed by atoms with van der Waals surface area (Å²) >= 11 is 0. The molecular weight excluding hydrogens is 332 g/mol. The number of aryl methyl sites for hydroxylation is 1. The molecule has 6 nitrogen and oxygen atoms in total. The van der Waals surface area contributed by atoms with Gasteiger partial charge in [0.1, 0.15) is 11.5 Å². The standard InChI is InChI=1S/C20H24N2O4/c1-13-7-6-8-17(14(13)2)21-19(23)12-22(3)20(24)16-10-9-15(25-4)11-18(16)26-5/h6-11H,12H2,1-5H3,(H,21,23). The number of rotatable bonds is 6. The Balaban J connectivity index is 2.09. The predicted molar refractivity (Wildman–Crippen MR) is 101 cm³/mol. The number of hydrogen-bond acceptors (Lipinski definition) is 4. The van der Waals surface area contributed by atoms with Crippen LogP contribution >= 0.6 is 0 Å². The van der Waals surface area contributed by atoms with Gasteiger partial charge < -0.3 is 19.7 Å². The maximum absolute atomic E-state index is 12.7. The first-order valence-corrected chi connectivity index (χ1v) is 8.21. The van der Waals surface area contributed by atoms with Gasteiger partial charge in [-0.1, -0.05) is 12.1 Å². The van der Waals surface area contributed by atoms with Gasteiger partial charge in [-0.15, -0.1) is 0 Å². The summed E-state index contributed by atoms with van der Waals surface area (Å²) in [5, 5.41) is 2.85. The summed E-state index contributed by atoms with van der Waals surface area (Å²) in [4.78, 5) is 26.3. The number of methoxy groups -OCH3 is 2. The van der Waals surface area contributed by atoms with Gasteiger partial charge in [-0.3, -0.25) is 9.59 Å². The number of anilines is 1. The molecule has 0 radical (unpaired) electrons. The van der Waals surface area contributed by atoms with Gasteiger partial charge in [-0.05, 0) is 43.2 Å². The van der Waals surface area contributed by atoms with Crippen LogP contribution in [-0.4, -0.2) is 44.5 Å². The van der Waals surface area contributed by atoms with Crippen molar-refractivity contribution < 1.29 is 19.1 Å². The van der Waals surface area contributed by atoms with Crippen LogP contribution < -0.4 is 14.8 Å². The molecule has 2 amide bonds. The summed E-state index contributed by atoms with van der Waals surface area (Å²) < 4.78 is 10.4. The number of hydrogen-bond donors (Lipinski definition) is 1. The minimum Gasteiger partial charge on any atom is -0.497 e. The molecule has 0 unspecified atom stereocenters. The van der Waals surface area contributed by atoms with Gasteiger partial charge in [-0.2, -0.15) is 0 Å². The highest BCUT2D eigenvalue weighted by atomic mass is 16.5. The molecule has 1 N–H and O–H groups in total. The summed E-state index contributed by atoms with van der Waals surface area (Å²) in [6, 6.07) is 10.6. The van der Waals surface area contributed by atoms with E-state index in [2.05, 4.69) is 5.32 Å². The normalized spacial score (nSPS) is 10.2. The Labute approximate surface area is 153 Å². The summed E-state index contributed by atoms with van der Waals surface area (Å²) in [5.74, 6) is 0.424. The number of ether oxygens (including phenoxy) is 2. The highest BCUT2D eigenvalue weighted by Gasteiger charge is 2.19. The van der Waals surface area contributed by atoms with Crippen molar-refractivity contribution in [3.8, 4) is 11.5 Å². The van der Waals surface area contributed by atoms with E-state index in [1.54, 1.807) is 32.4 Å². The Bertz CT molecular complexity index is 817. The highest BCUT2D eigenvalue weighted by Crippen LogP contribution is 2.25. The first-order chi connectivity index (χ1) is 12.4. The lowest BCUT2D eigenvalue weighted by Gasteiger charge is -2.19. The molecule has 0 spiro atoms. The Morgan fingerprint density at radius 1 is 1.08 bits per heavy atom. The van der Waals surface area contributed by atoms with E-state index in [0.29, 0.717) is 17.1 Å². The second kappa shape index (κ2) is 8.38. The Kier molecular flexibility index (Phi) is 6.22. The molecule has 0 heterocycles. The zero-order valence-corrected chi connectivity index (χ0v) is 15.8. The summed E-state index contributed by atoms with van der Waals surface area (Å²) in [5.41, 5.74) is 3.22. The molecular formula is C20H24N2O4. The average molecular weight is 356 g/mol. The van der Waals surface area contributed by atoms with Crippen molar-refractivity contribution in [1.29, 1.82) is 0 Å². The number of nitrogens with zero attached hydrogens (tertiary/aromatic N) is 1. The van der Waals surface area contributed by atoms with Crippen LogP contribution in [-0.2, 0) is 4.79 Å². The minimum atomic E-state index is -0.305. The first-order valence-electron chi connectivity index (χ1n) is 8.21. The fourth-order valence-corrected chi connectivity index (χ4v) is 2.54. The largest absolute Gasteiger partial charge is 0.497 e. The van der Waals surface area contributed by atoms with E-state index in [-0.39, 0.29) is 18.4 Å². The van der Waals surface area contributed by atoms with Crippen LogP contribution in [0.5, 0.6) is 11.5 Å². The van der Waals surface area contributed by atoms with Crippen LogP contribution in [0.25, 0.3) is 0 Å². The molecule has 0 aliphatic rings. The monoisotopic (exact) mass is 356 g/mol. The van der Waals surface area contributed by atoms with Crippen molar-refractivity contribution in [2.45, 2.75) is 13.8 Å². The number of benzene rings is 2. The van der Waals surface area contributed by atoms with Gasteiger partial charge in [0.15, 0.2) is 0 Å². The molecule has 2 rings (SSSR count). The lowest BCUT2D eigenvalue weighted by molar-refractivity contribution is -0.116. The number of carbonyl (C=O) groups is 2. The van der Waals surface area contributed by atoms with E-state index in [1.807, 2.05) is 32.0 Å². The third-order valence-corrected chi connectivity index (χ3v) is 4.25. The maximum Gasteiger partial charge on any atom is 0.257 e. The summed E-state index contributed by atoms with van der Waals surface area (Å²) in [6.45, 7) is 3.86. The second-order valence-electron chi connectivity index (χ2n) is 6.02. The number of carbonyl (C=O) groups excluding carboxylic acids is 2. The number of amides is 2. The van der Waals surface area contributed by atoms with Gasteiger partial charge >= 0.3 is 0 Å². The molecule has 0 aromatic heterocycles. The van der Waals surface area contributed by atoms with Crippen LogP contribution in [0.15, 0.2) is 36.4 Å². The maximum atomic E-state index is 12.7. The molecule has 2 aromatic rings. The first kappa shape index (κ1) is 19.3. The van der Waals surface area contributed by atoms with Gasteiger partial charge in [0.2, 0.25) is 5.91 Å². The molecule has 26 heavy (non-hydrogen) atoms. The summed E-state index contributed by atoms with van der Waals surface area (Å²) in [6.07, 6.45) is 0. The number of likely N-dealkylation sites (N-methyl/N-ethyl adjacent to an activating group) is 1. The second-order valence-corrected chi connectivity index (χ2v) is 6.02. The lowest BCUT2D eigenvalue weighted by atomic mass is 10.1. The third kappa shape index (κ3) is 4.33. The van der Waals surface area contributed by atoms with Crippen LogP contribution in [0.2, 0.25) is 0 Å². The topological polar surface area (TPSA) is 67.9 Å². The predicted octanol–water partition coefficient (Wildman–Crippen LogP) is 3.03. The van der Waals surface area contributed by atoms with Crippen LogP contribution in [0.3, 0.4) is 0 Å². The molecule has 0 aliphatic carbocycles. The molecule has 0 saturated heterocycles. The van der Waals surface area contributed by atoms with E-state index in [4.69, 9.17) is 9.47 Å². The molecule has 6 heteroatoms. The van der Waals surface area contributed by atoms with Crippen molar-refractivity contribution in [3.05, 3.63) is 53.1 Å². The molecule has 0 aliphatic heterocycles. The zero-order valence-electron chi connectivity index (χ0n) is 15.8. The fraction of sp³-hybridized carbons (Fsp3) is 0.300. The van der Waals surface area contributed by atoms with Crippen LogP contribution in [0.1, 0.15) is 21.5 Å². The number of nitrogens with one attached hydrogen (secondary N) is 1. The molecule has 2 aromatic carbocycles. The highest BCUT2D eigenvalue weighted by molar-refractivity contribution is 6.01.